The quantitative estimate of drug-likeness (QED) is 0.304. The van der Waals surface area contributed by atoms with E-state index in [4.69, 9.17) is 32.7 Å². The number of hydrogen-bond donors (Lipinski definition) is 2. The van der Waals surface area contributed by atoms with Crippen LogP contribution in [0.3, 0.4) is 0 Å². The smallest absolute Gasteiger partial charge is 0.287 e. The molecule has 3 aromatic carbocycles. The SMILES string of the molecule is O=C(NN=Cc1ccc(Cl)c(Cl)c1)C(=Cc1ccc2c(c1)OCO2)NC(=O)c1ccccc1. The summed E-state index contributed by atoms with van der Waals surface area (Å²) in [4.78, 5) is 25.5. The van der Waals surface area contributed by atoms with Crippen molar-refractivity contribution >= 4 is 47.3 Å². The van der Waals surface area contributed by atoms with Crippen LogP contribution in [0.5, 0.6) is 11.5 Å². The largest absolute Gasteiger partial charge is 0.454 e. The first kappa shape index (κ1) is 22.4. The number of rotatable bonds is 6. The summed E-state index contributed by atoms with van der Waals surface area (Å²) >= 11 is 11.9. The van der Waals surface area contributed by atoms with Crippen molar-refractivity contribution in [2.75, 3.05) is 6.79 Å². The topological polar surface area (TPSA) is 89.0 Å². The van der Waals surface area contributed by atoms with Gasteiger partial charge in [-0.1, -0.05) is 53.5 Å². The molecule has 0 fully saturated rings. The van der Waals surface area contributed by atoms with Gasteiger partial charge in [-0.3, -0.25) is 9.59 Å². The van der Waals surface area contributed by atoms with Crippen LogP contribution in [0.4, 0.5) is 0 Å². The number of carbonyl (C=O) groups is 2. The van der Waals surface area contributed by atoms with Crippen LogP contribution < -0.4 is 20.2 Å². The van der Waals surface area contributed by atoms with E-state index in [0.29, 0.717) is 38.2 Å². The number of hydrogen-bond acceptors (Lipinski definition) is 5. The summed E-state index contributed by atoms with van der Waals surface area (Å²) in [6, 6.07) is 18.7. The highest BCUT2D eigenvalue weighted by atomic mass is 35.5. The molecule has 9 heteroatoms. The van der Waals surface area contributed by atoms with Crippen LogP contribution in [0, 0.1) is 0 Å². The maximum atomic E-state index is 12.8. The maximum absolute atomic E-state index is 12.8. The van der Waals surface area contributed by atoms with Crippen molar-refractivity contribution in [3.63, 3.8) is 0 Å². The van der Waals surface area contributed by atoms with Gasteiger partial charge in [0.25, 0.3) is 11.8 Å². The molecule has 0 bridgehead atoms. The molecule has 2 amide bonds. The summed E-state index contributed by atoms with van der Waals surface area (Å²) in [6.45, 7) is 0.129. The molecule has 4 rings (SSSR count). The van der Waals surface area contributed by atoms with Crippen molar-refractivity contribution in [1.29, 1.82) is 0 Å². The lowest BCUT2D eigenvalue weighted by Crippen LogP contribution is -2.32. The zero-order chi connectivity index (χ0) is 23.2. The van der Waals surface area contributed by atoms with Crippen LogP contribution in [-0.4, -0.2) is 24.8 Å². The van der Waals surface area contributed by atoms with Gasteiger partial charge in [0, 0.05) is 5.56 Å². The van der Waals surface area contributed by atoms with Gasteiger partial charge in [-0.25, -0.2) is 5.43 Å². The molecule has 33 heavy (non-hydrogen) atoms. The molecular weight excluding hydrogens is 465 g/mol. The number of benzene rings is 3. The average molecular weight is 482 g/mol. The van der Waals surface area contributed by atoms with Crippen molar-refractivity contribution in [3.05, 3.63) is 99.2 Å². The Hall–Kier alpha value is -3.81. The van der Waals surface area contributed by atoms with E-state index < -0.39 is 11.8 Å². The minimum atomic E-state index is -0.617. The fraction of sp³-hybridized carbons (Fsp3) is 0.0417. The molecule has 0 aromatic heterocycles. The molecule has 0 aliphatic carbocycles. The van der Waals surface area contributed by atoms with Gasteiger partial charge in [0.2, 0.25) is 6.79 Å². The van der Waals surface area contributed by atoms with Crippen LogP contribution >= 0.6 is 23.2 Å². The summed E-state index contributed by atoms with van der Waals surface area (Å²) in [5.74, 6) is 0.104. The molecule has 0 spiro atoms. The number of amides is 2. The van der Waals surface area contributed by atoms with Crippen molar-refractivity contribution in [2.45, 2.75) is 0 Å². The van der Waals surface area contributed by atoms with E-state index in [9.17, 15) is 9.59 Å². The van der Waals surface area contributed by atoms with Crippen molar-refractivity contribution in [1.82, 2.24) is 10.7 Å². The Kier molecular flexibility index (Phi) is 6.92. The van der Waals surface area contributed by atoms with Gasteiger partial charge < -0.3 is 14.8 Å². The van der Waals surface area contributed by atoms with Crippen molar-refractivity contribution in [2.24, 2.45) is 5.10 Å². The molecule has 166 valence electrons. The molecule has 2 N–H and O–H groups in total. The maximum Gasteiger partial charge on any atom is 0.287 e. The minimum absolute atomic E-state index is 0.00555. The normalized spacial score (nSPS) is 12.6. The molecule has 1 aliphatic heterocycles. The predicted molar refractivity (Wildman–Crippen MR) is 127 cm³/mol. The van der Waals surface area contributed by atoms with Crippen LogP contribution in [0.2, 0.25) is 10.0 Å². The van der Waals surface area contributed by atoms with Crippen molar-refractivity contribution < 1.29 is 19.1 Å². The van der Waals surface area contributed by atoms with Crippen molar-refractivity contribution in [3.8, 4) is 11.5 Å². The van der Waals surface area contributed by atoms with Gasteiger partial charge in [0.15, 0.2) is 11.5 Å². The average Bonchev–Trinajstić information content (AvgIpc) is 3.29. The van der Waals surface area contributed by atoms with E-state index in [-0.39, 0.29) is 12.5 Å². The second-order valence-electron chi connectivity index (χ2n) is 6.86. The zero-order valence-corrected chi connectivity index (χ0v) is 18.6. The molecule has 0 atom stereocenters. The third-order valence-corrected chi connectivity index (χ3v) is 5.30. The van der Waals surface area contributed by atoms with E-state index in [1.54, 1.807) is 66.7 Å². The summed E-state index contributed by atoms with van der Waals surface area (Å²) in [5.41, 5.74) is 4.08. The summed E-state index contributed by atoms with van der Waals surface area (Å²) in [7, 11) is 0. The second-order valence-corrected chi connectivity index (χ2v) is 7.68. The van der Waals surface area contributed by atoms with Gasteiger partial charge in [-0.05, 0) is 53.6 Å². The first-order valence-electron chi connectivity index (χ1n) is 9.76. The molecule has 3 aromatic rings. The van der Waals surface area contributed by atoms with Crippen LogP contribution in [0.1, 0.15) is 21.5 Å². The molecule has 1 heterocycles. The number of nitrogens with one attached hydrogen (secondary N) is 2. The highest BCUT2D eigenvalue weighted by molar-refractivity contribution is 6.42. The predicted octanol–water partition coefficient (Wildman–Crippen LogP) is 4.64. The van der Waals surface area contributed by atoms with Gasteiger partial charge in [-0.15, -0.1) is 0 Å². The van der Waals surface area contributed by atoms with Gasteiger partial charge >= 0.3 is 0 Å². The lowest BCUT2D eigenvalue weighted by Gasteiger charge is -2.09. The monoisotopic (exact) mass is 481 g/mol. The molecule has 0 saturated carbocycles. The van der Waals surface area contributed by atoms with E-state index in [1.807, 2.05) is 0 Å². The molecule has 0 unspecified atom stereocenters. The Balaban J connectivity index is 1.55. The van der Waals surface area contributed by atoms with Crippen LogP contribution in [0.15, 0.2) is 77.5 Å². The van der Waals surface area contributed by atoms with Gasteiger partial charge in [0.1, 0.15) is 5.70 Å². The number of nitrogens with zero attached hydrogens (tertiary/aromatic N) is 1. The number of carbonyl (C=O) groups excluding carboxylic acids is 2. The Morgan fingerprint density at radius 3 is 2.42 bits per heavy atom. The van der Waals surface area contributed by atoms with E-state index >= 15 is 0 Å². The number of ether oxygens (including phenoxy) is 2. The summed E-state index contributed by atoms with van der Waals surface area (Å²) in [6.07, 6.45) is 2.93. The number of halogens is 2. The molecular formula is C24H17Cl2N3O4. The summed E-state index contributed by atoms with van der Waals surface area (Å²) < 4.78 is 10.7. The third kappa shape index (κ3) is 5.71. The summed E-state index contributed by atoms with van der Waals surface area (Å²) in [5, 5.41) is 7.37. The first-order valence-corrected chi connectivity index (χ1v) is 10.5. The van der Waals surface area contributed by atoms with E-state index in [2.05, 4.69) is 15.8 Å². The highest BCUT2D eigenvalue weighted by Crippen LogP contribution is 2.33. The van der Waals surface area contributed by atoms with Gasteiger partial charge in [-0.2, -0.15) is 5.10 Å². The molecule has 0 radical (unpaired) electrons. The number of hydrazone groups is 1. The third-order valence-electron chi connectivity index (χ3n) is 4.56. The molecule has 7 nitrogen and oxygen atoms in total. The van der Waals surface area contributed by atoms with E-state index in [0.717, 1.165) is 0 Å². The highest BCUT2D eigenvalue weighted by Gasteiger charge is 2.16. The molecule has 0 saturated heterocycles. The Bertz CT molecular complexity index is 1260. The minimum Gasteiger partial charge on any atom is -0.454 e. The molecule has 1 aliphatic rings. The Labute approximate surface area is 199 Å². The Morgan fingerprint density at radius 1 is 0.879 bits per heavy atom. The fourth-order valence-corrected chi connectivity index (χ4v) is 3.24. The fourth-order valence-electron chi connectivity index (χ4n) is 2.93. The van der Waals surface area contributed by atoms with Gasteiger partial charge in [0.05, 0.1) is 16.3 Å². The standard InChI is InChI=1S/C24H17Cl2N3O4/c25-18-8-6-16(10-19(18)26)13-27-29-24(31)20(28-23(30)17-4-2-1-3-5-17)11-15-7-9-21-22(12-15)33-14-32-21/h1-13H,14H2,(H,28,30)(H,29,31). The lowest BCUT2D eigenvalue weighted by atomic mass is 10.1. The zero-order valence-electron chi connectivity index (χ0n) is 17.0. The lowest BCUT2D eigenvalue weighted by molar-refractivity contribution is -0.117. The van der Waals surface area contributed by atoms with E-state index in [1.165, 1.54) is 12.3 Å². The first-order chi connectivity index (χ1) is 16.0. The second kappa shape index (κ2) is 10.2. The van der Waals surface area contributed by atoms with Crippen LogP contribution in [0.25, 0.3) is 6.08 Å². The van der Waals surface area contributed by atoms with Crippen LogP contribution in [-0.2, 0) is 4.79 Å². The number of fused-ring (bicyclic) bond motifs is 1. The Morgan fingerprint density at radius 2 is 1.64 bits per heavy atom.